The first kappa shape index (κ1) is 17.3. The molecule has 0 amide bonds. The third-order valence-corrected chi connectivity index (χ3v) is 4.40. The van der Waals surface area contributed by atoms with Gasteiger partial charge in [0.25, 0.3) is 0 Å². The van der Waals surface area contributed by atoms with Crippen LogP contribution in [0.15, 0.2) is 57.6 Å². The molecule has 0 radical (unpaired) electrons. The summed E-state index contributed by atoms with van der Waals surface area (Å²) in [5.74, 6) is 1.57. The number of allylic oxidation sites excluding steroid dienone is 1. The SMILES string of the molecule is CN=C(NCCC1=CCCCC1)NCc1cc(-c2ccccc2)on1. The Kier molecular flexibility index (Phi) is 6.26. The Morgan fingerprint density at radius 1 is 1.20 bits per heavy atom. The average molecular weight is 338 g/mol. The van der Waals surface area contributed by atoms with Crippen molar-refractivity contribution < 1.29 is 4.52 Å². The van der Waals surface area contributed by atoms with Crippen LogP contribution in [0, 0.1) is 0 Å². The lowest BCUT2D eigenvalue weighted by molar-refractivity contribution is 0.422. The fourth-order valence-electron chi connectivity index (χ4n) is 3.00. The fraction of sp³-hybridized carbons (Fsp3) is 0.400. The van der Waals surface area contributed by atoms with Crippen molar-refractivity contribution in [3.05, 3.63) is 53.7 Å². The van der Waals surface area contributed by atoms with Crippen molar-refractivity contribution >= 4 is 5.96 Å². The summed E-state index contributed by atoms with van der Waals surface area (Å²) in [7, 11) is 1.79. The summed E-state index contributed by atoms with van der Waals surface area (Å²) in [6.45, 7) is 1.48. The molecule has 5 nitrogen and oxygen atoms in total. The fourth-order valence-corrected chi connectivity index (χ4v) is 3.00. The Hall–Kier alpha value is -2.56. The highest BCUT2D eigenvalue weighted by molar-refractivity contribution is 5.79. The predicted octanol–water partition coefficient (Wildman–Crippen LogP) is 3.90. The molecule has 3 rings (SSSR count). The number of aromatic nitrogens is 1. The quantitative estimate of drug-likeness (QED) is 0.476. The van der Waals surface area contributed by atoms with Crippen LogP contribution in [0.25, 0.3) is 11.3 Å². The van der Waals surface area contributed by atoms with Gasteiger partial charge < -0.3 is 15.2 Å². The second-order valence-electron chi connectivity index (χ2n) is 6.26. The van der Waals surface area contributed by atoms with Crippen LogP contribution < -0.4 is 10.6 Å². The third-order valence-electron chi connectivity index (χ3n) is 4.40. The summed E-state index contributed by atoms with van der Waals surface area (Å²) in [6.07, 6.45) is 8.62. The Bertz CT molecular complexity index is 718. The number of guanidine groups is 1. The number of hydrogen-bond acceptors (Lipinski definition) is 3. The molecular weight excluding hydrogens is 312 g/mol. The van der Waals surface area contributed by atoms with Gasteiger partial charge >= 0.3 is 0 Å². The van der Waals surface area contributed by atoms with Gasteiger partial charge in [0, 0.05) is 25.2 Å². The van der Waals surface area contributed by atoms with Gasteiger partial charge in [0.1, 0.15) is 5.69 Å². The number of aliphatic imine (C=N–C) groups is 1. The highest BCUT2D eigenvalue weighted by atomic mass is 16.5. The molecule has 1 aromatic carbocycles. The maximum absolute atomic E-state index is 5.42. The molecule has 0 atom stereocenters. The number of nitrogens with zero attached hydrogens (tertiary/aromatic N) is 2. The zero-order chi connectivity index (χ0) is 17.3. The lowest BCUT2D eigenvalue weighted by Gasteiger charge is -2.14. The van der Waals surface area contributed by atoms with Gasteiger partial charge in [0.15, 0.2) is 11.7 Å². The van der Waals surface area contributed by atoms with Crippen LogP contribution >= 0.6 is 0 Å². The number of hydrogen-bond donors (Lipinski definition) is 2. The number of rotatable bonds is 6. The third kappa shape index (κ3) is 5.21. The van der Waals surface area contributed by atoms with Crippen molar-refractivity contribution in [2.75, 3.05) is 13.6 Å². The summed E-state index contributed by atoms with van der Waals surface area (Å²) in [5.41, 5.74) is 3.46. The van der Waals surface area contributed by atoms with E-state index in [4.69, 9.17) is 4.52 Å². The van der Waals surface area contributed by atoms with Gasteiger partial charge in [-0.3, -0.25) is 4.99 Å². The molecule has 1 heterocycles. The van der Waals surface area contributed by atoms with Crippen molar-refractivity contribution in [2.24, 2.45) is 4.99 Å². The molecule has 1 aromatic heterocycles. The van der Waals surface area contributed by atoms with Crippen LogP contribution in [0.1, 0.15) is 37.8 Å². The van der Waals surface area contributed by atoms with Gasteiger partial charge in [-0.25, -0.2) is 0 Å². The van der Waals surface area contributed by atoms with E-state index in [1.165, 1.54) is 25.7 Å². The van der Waals surface area contributed by atoms with Crippen LogP contribution in [-0.4, -0.2) is 24.7 Å². The van der Waals surface area contributed by atoms with E-state index >= 15 is 0 Å². The van der Waals surface area contributed by atoms with E-state index in [0.29, 0.717) is 6.54 Å². The van der Waals surface area contributed by atoms with E-state index in [1.54, 1.807) is 12.6 Å². The molecule has 25 heavy (non-hydrogen) atoms. The van der Waals surface area contributed by atoms with E-state index in [-0.39, 0.29) is 0 Å². The van der Waals surface area contributed by atoms with Crippen LogP contribution in [0.2, 0.25) is 0 Å². The van der Waals surface area contributed by atoms with Crippen LogP contribution in [0.4, 0.5) is 0 Å². The number of nitrogens with one attached hydrogen (secondary N) is 2. The molecule has 0 saturated carbocycles. The van der Waals surface area contributed by atoms with Crippen LogP contribution in [0.3, 0.4) is 0 Å². The maximum Gasteiger partial charge on any atom is 0.191 e. The van der Waals surface area contributed by atoms with Crippen LogP contribution in [0.5, 0.6) is 0 Å². The van der Waals surface area contributed by atoms with Gasteiger partial charge in [-0.2, -0.15) is 0 Å². The summed E-state index contributed by atoms with van der Waals surface area (Å²) in [5, 5.41) is 10.8. The average Bonchev–Trinajstić information content (AvgIpc) is 3.15. The zero-order valence-corrected chi connectivity index (χ0v) is 14.8. The van der Waals surface area contributed by atoms with Gasteiger partial charge in [0.05, 0.1) is 6.54 Å². The molecule has 1 aliphatic carbocycles. The van der Waals surface area contributed by atoms with Crippen molar-refractivity contribution in [1.29, 1.82) is 0 Å². The Labute approximate surface area is 149 Å². The van der Waals surface area contributed by atoms with Crippen LogP contribution in [-0.2, 0) is 6.54 Å². The maximum atomic E-state index is 5.42. The molecular formula is C20H26N4O. The summed E-state index contributed by atoms with van der Waals surface area (Å²) >= 11 is 0. The van der Waals surface area contributed by atoms with Crippen molar-refractivity contribution in [3.8, 4) is 11.3 Å². The largest absolute Gasteiger partial charge is 0.356 e. The van der Waals surface area contributed by atoms with Gasteiger partial charge in [-0.1, -0.05) is 47.1 Å². The Morgan fingerprint density at radius 3 is 2.84 bits per heavy atom. The number of benzene rings is 1. The minimum atomic E-state index is 0.582. The van der Waals surface area contributed by atoms with E-state index in [0.717, 1.165) is 35.9 Å². The molecule has 0 unspecified atom stereocenters. The topological polar surface area (TPSA) is 62.5 Å². The first-order valence-corrected chi connectivity index (χ1v) is 8.98. The predicted molar refractivity (Wildman–Crippen MR) is 101 cm³/mol. The molecule has 0 saturated heterocycles. The summed E-state index contributed by atoms with van der Waals surface area (Å²) < 4.78 is 5.42. The molecule has 5 heteroatoms. The summed E-state index contributed by atoms with van der Waals surface area (Å²) in [6, 6.07) is 12.0. The Balaban J connectivity index is 1.45. The highest BCUT2D eigenvalue weighted by Crippen LogP contribution is 2.20. The van der Waals surface area contributed by atoms with Gasteiger partial charge in [-0.15, -0.1) is 0 Å². The molecule has 0 aliphatic heterocycles. The van der Waals surface area contributed by atoms with E-state index in [2.05, 4.69) is 26.9 Å². The zero-order valence-electron chi connectivity index (χ0n) is 14.8. The second-order valence-corrected chi connectivity index (χ2v) is 6.26. The first-order valence-electron chi connectivity index (χ1n) is 8.98. The lowest BCUT2D eigenvalue weighted by atomic mass is 9.97. The second kappa shape index (κ2) is 9.06. The molecule has 0 fully saturated rings. The van der Waals surface area contributed by atoms with E-state index in [9.17, 15) is 0 Å². The first-order chi connectivity index (χ1) is 12.3. The molecule has 132 valence electrons. The molecule has 2 N–H and O–H groups in total. The minimum Gasteiger partial charge on any atom is -0.356 e. The van der Waals surface area contributed by atoms with Gasteiger partial charge in [-0.05, 0) is 32.1 Å². The molecule has 0 bridgehead atoms. The van der Waals surface area contributed by atoms with E-state index in [1.807, 2.05) is 36.4 Å². The lowest BCUT2D eigenvalue weighted by Crippen LogP contribution is -2.37. The molecule has 2 aromatic rings. The van der Waals surface area contributed by atoms with Crippen molar-refractivity contribution in [1.82, 2.24) is 15.8 Å². The minimum absolute atomic E-state index is 0.582. The van der Waals surface area contributed by atoms with Crippen molar-refractivity contribution in [2.45, 2.75) is 38.6 Å². The monoisotopic (exact) mass is 338 g/mol. The van der Waals surface area contributed by atoms with E-state index < -0.39 is 0 Å². The smallest absolute Gasteiger partial charge is 0.191 e. The standard InChI is InChI=1S/C20H26N4O/c1-21-20(22-13-12-16-8-4-2-5-9-16)23-15-18-14-19(25-24-18)17-10-6-3-7-11-17/h3,6-8,10-11,14H,2,4-5,9,12-13,15H2,1H3,(H2,21,22,23). The van der Waals surface area contributed by atoms with Gasteiger partial charge in [0.2, 0.25) is 0 Å². The summed E-state index contributed by atoms with van der Waals surface area (Å²) in [4.78, 5) is 4.27. The highest BCUT2D eigenvalue weighted by Gasteiger charge is 2.08. The Morgan fingerprint density at radius 2 is 2.08 bits per heavy atom. The molecule has 0 spiro atoms. The molecule has 1 aliphatic rings. The van der Waals surface area contributed by atoms with Crippen molar-refractivity contribution in [3.63, 3.8) is 0 Å². The normalized spacial score (nSPS) is 14.9.